The minimum absolute atomic E-state index is 0.260. The van der Waals surface area contributed by atoms with E-state index in [1.165, 1.54) is 24.3 Å². The number of esters is 1. The fourth-order valence-corrected chi connectivity index (χ4v) is 2.82. The van der Waals surface area contributed by atoms with Crippen LogP contribution in [0.2, 0.25) is 0 Å². The van der Waals surface area contributed by atoms with Crippen molar-refractivity contribution in [3.63, 3.8) is 0 Å². The van der Waals surface area contributed by atoms with Gasteiger partial charge in [0.2, 0.25) is 10.0 Å². The van der Waals surface area contributed by atoms with Gasteiger partial charge < -0.3 is 10.1 Å². The lowest BCUT2D eigenvalue weighted by Gasteiger charge is -2.08. The van der Waals surface area contributed by atoms with Gasteiger partial charge in [0.1, 0.15) is 6.54 Å². The summed E-state index contributed by atoms with van der Waals surface area (Å²) >= 11 is 0. The topological polar surface area (TPSA) is 119 Å². The Balaban J connectivity index is 1.80. The normalized spacial score (nSPS) is 10.8. The second kappa shape index (κ2) is 9.14. The van der Waals surface area contributed by atoms with Gasteiger partial charge in [-0.05, 0) is 43.3 Å². The summed E-state index contributed by atoms with van der Waals surface area (Å²) in [7, 11) is -3.41. The van der Waals surface area contributed by atoms with E-state index >= 15 is 0 Å². The Hall–Kier alpha value is -3.20. The van der Waals surface area contributed by atoms with Crippen LogP contribution < -0.4 is 10.0 Å². The van der Waals surface area contributed by atoms with Crippen molar-refractivity contribution < 1.29 is 27.5 Å². The number of ether oxygens (including phenoxy) is 1. The highest BCUT2D eigenvalue weighted by atomic mass is 32.2. The maximum absolute atomic E-state index is 12.0. The largest absolute Gasteiger partial charge is 0.456 e. The number of amides is 1. The number of nitrogens with one attached hydrogen (secondary N) is 2. The van der Waals surface area contributed by atoms with E-state index in [9.17, 15) is 22.8 Å². The molecule has 2 rings (SSSR count). The molecule has 0 aliphatic rings. The second-order valence-electron chi connectivity index (χ2n) is 6.09. The van der Waals surface area contributed by atoms with Crippen LogP contribution in [0.3, 0.4) is 0 Å². The Morgan fingerprint density at radius 1 is 1.00 bits per heavy atom. The van der Waals surface area contributed by atoms with Gasteiger partial charge in [0.25, 0.3) is 5.91 Å². The average molecular weight is 404 g/mol. The summed E-state index contributed by atoms with van der Waals surface area (Å²) in [6.45, 7) is 0.996. The van der Waals surface area contributed by atoms with Crippen molar-refractivity contribution >= 4 is 33.4 Å². The molecule has 2 N–H and O–H groups in total. The summed E-state index contributed by atoms with van der Waals surface area (Å²) in [5, 5.41) is 2.43. The van der Waals surface area contributed by atoms with E-state index in [1.54, 1.807) is 18.2 Å². The van der Waals surface area contributed by atoms with E-state index in [0.29, 0.717) is 11.3 Å². The van der Waals surface area contributed by atoms with Gasteiger partial charge in [-0.2, -0.15) is 0 Å². The molecule has 0 bridgehead atoms. The van der Waals surface area contributed by atoms with Crippen LogP contribution >= 0.6 is 0 Å². The summed E-state index contributed by atoms with van der Waals surface area (Å²) in [6.07, 6.45) is 1.02. The molecule has 0 radical (unpaired) electrons. The molecule has 28 heavy (non-hydrogen) atoms. The summed E-state index contributed by atoms with van der Waals surface area (Å²) in [5.74, 6) is -1.62. The van der Waals surface area contributed by atoms with Gasteiger partial charge in [0.15, 0.2) is 12.4 Å². The maximum Gasteiger partial charge on any atom is 0.325 e. The van der Waals surface area contributed by atoms with Gasteiger partial charge in [0, 0.05) is 16.8 Å². The number of hydrogen-bond acceptors (Lipinski definition) is 6. The monoisotopic (exact) mass is 404 g/mol. The third kappa shape index (κ3) is 6.84. The Morgan fingerprint density at radius 3 is 2.29 bits per heavy atom. The van der Waals surface area contributed by atoms with Crippen molar-refractivity contribution in [1.29, 1.82) is 0 Å². The van der Waals surface area contributed by atoms with Crippen LogP contribution in [0, 0.1) is 6.92 Å². The zero-order chi connectivity index (χ0) is 20.7. The van der Waals surface area contributed by atoms with Gasteiger partial charge in [-0.25, -0.2) is 8.42 Å². The highest BCUT2D eigenvalue weighted by Gasteiger charge is 2.12. The zero-order valence-corrected chi connectivity index (χ0v) is 16.2. The average Bonchev–Trinajstić information content (AvgIpc) is 2.63. The lowest BCUT2D eigenvalue weighted by Crippen LogP contribution is -2.31. The minimum atomic E-state index is -3.41. The molecule has 0 aliphatic carbocycles. The first-order valence-electron chi connectivity index (χ1n) is 8.25. The predicted octanol–water partition coefficient (Wildman–Crippen LogP) is 1.52. The molecule has 1 amide bonds. The van der Waals surface area contributed by atoms with Crippen LogP contribution in [0.1, 0.15) is 26.3 Å². The van der Waals surface area contributed by atoms with Gasteiger partial charge in [-0.1, -0.05) is 17.7 Å². The molecular formula is C19H20N2O6S. The van der Waals surface area contributed by atoms with Crippen molar-refractivity contribution in [3.05, 3.63) is 65.2 Å². The maximum atomic E-state index is 12.0. The SMILES string of the molecule is Cc1cccc(C(=O)NCC(=O)OCC(=O)c2ccc(NS(C)(=O)=O)cc2)c1. The molecule has 2 aromatic carbocycles. The number of ketones is 1. The standard InChI is InChI=1S/C19H20N2O6S/c1-13-4-3-5-15(10-13)19(24)20-11-18(23)27-12-17(22)14-6-8-16(9-7-14)21-28(2,25)26/h3-10,21H,11-12H2,1-2H3,(H,20,24). The first-order chi connectivity index (χ1) is 13.1. The molecule has 0 aromatic heterocycles. The van der Waals surface area contributed by atoms with Crippen molar-refractivity contribution in [1.82, 2.24) is 5.32 Å². The molecule has 0 aliphatic heterocycles. The Morgan fingerprint density at radius 2 is 1.68 bits per heavy atom. The molecule has 0 heterocycles. The fraction of sp³-hybridized carbons (Fsp3) is 0.211. The molecule has 0 unspecified atom stereocenters. The lowest BCUT2D eigenvalue weighted by molar-refractivity contribution is -0.141. The molecule has 8 nitrogen and oxygen atoms in total. The first kappa shape index (κ1) is 21.1. The van der Waals surface area contributed by atoms with Gasteiger partial charge >= 0.3 is 5.97 Å². The van der Waals surface area contributed by atoms with Crippen LogP contribution in [0.4, 0.5) is 5.69 Å². The number of aryl methyl sites for hydroxylation is 1. The Bertz CT molecular complexity index is 984. The smallest absolute Gasteiger partial charge is 0.325 e. The third-order valence-electron chi connectivity index (χ3n) is 3.55. The molecule has 0 spiro atoms. The fourth-order valence-electron chi connectivity index (χ4n) is 2.26. The molecular weight excluding hydrogens is 384 g/mol. The second-order valence-corrected chi connectivity index (χ2v) is 7.84. The van der Waals surface area contributed by atoms with Gasteiger partial charge in [0.05, 0.1) is 6.26 Å². The van der Waals surface area contributed by atoms with Crippen LogP contribution in [0.15, 0.2) is 48.5 Å². The van der Waals surface area contributed by atoms with Crippen molar-refractivity contribution in [2.45, 2.75) is 6.92 Å². The van der Waals surface area contributed by atoms with E-state index < -0.39 is 34.3 Å². The summed E-state index contributed by atoms with van der Waals surface area (Å²) in [6, 6.07) is 12.6. The molecule has 9 heteroatoms. The third-order valence-corrected chi connectivity index (χ3v) is 4.15. The first-order valence-corrected chi connectivity index (χ1v) is 10.1. The quantitative estimate of drug-likeness (QED) is 0.509. The molecule has 148 valence electrons. The summed E-state index contributed by atoms with van der Waals surface area (Å²) in [5.41, 5.74) is 1.91. The number of benzene rings is 2. The van der Waals surface area contributed by atoms with Crippen LogP contribution in [-0.2, 0) is 19.6 Å². The Labute approximate surface area is 163 Å². The van der Waals surface area contributed by atoms with E-state index in [2.05, 4.69) is 10.0 Å². The van der Waals surface area contributed by atoms with Crippen molar-refractivity contribution in [2.24, 2.45) is 0 Å². The lowest BCUT2D eigenvalue weighted by atomic mass is 10.1. The van der Waals surface area contributed by atoms with E-state index in [0.717, 1.165) is 11.8 Å². The van der Waals surface area contributed by atoms with E-state index in [1.807, 2.05) is 13.0 Å². The molecule has 0 saturated heterocycles. The van der Waals surface area contributed by atoms with Crippen molar-refractivity contribution in [3.8, 4) is 0 Å². The number of Topliss-reactive ketones (excluding diaryl/α,β-unsaturated/α-hetero) is 1. The predicted molar refractivity (Wildman–Crippen MR) is 104 cm³/mol. The van der Waals surface area contributed by atoms with E-state index in [4.69, 9.17) is 4.74 Å². The molecule has 0 fully saturated rings. The highest BCUT2D eigenvalue weighted by molar-refractivity contribution is 7.92. The van der Waals surface area contributed by atoms with Gasteiger partial charge in [-0.15, -0.1) is 0 Å². The number of sulfonamides is 1. The number of carbonyl (C=O) groups excluding carboxylic acids is 3. The number of hydrogen-bond donors (Lipinski definition) is 2. The van der Waals surface area contributed by atoms with Crippen LogP contribution in [-0.4, -0.2) is 45.5 Å². The number of anilines is 1. The summed E-state index contributed by atoms with van der Waals surface area (Å²) < 4.78 is 29.4. The summed E-state index contributed by atoms with van der Waals surface area (Å²) in [4.78, 5) is 35.7. The van der Waals surface area contributed by atoms with E-state index in [-0.39, 0.29) is 12.1 Å². The van der Waals surface area contributed by atoms with Crippen molar-refractivity contribution in [2.75, 3.05) is 24.1 Å². The van der Waals surface area contributed by atoms with Gasteiger partial charge in [-0.3, -0.25) is 19.1 Å². The van der Waals surface area contributed by atoms with Crippen LogP contribution in [0.25, 0.3) is 0 Å². The molecule has 2 aromatic rings. The molecule has 0 atom stereocenters. The highest BCUT2D eigenvalue weighted by Crippen LogP contribution is 2.11. The Kier molecular flexibility index (Phi) is 6.89. The minimum Gasteiger partial charge on any atom is -0.456 e. The number of carbonyl (C=O) groups is 3. The zero-order valence-electron chi connectivity index (χ0n) is 15.4. The van der Waals surface area contributed by atoms with Crippen LogP contribution in [0.5, 0.6) is 0 Å². The molecule has 0 saturated carbocycles. The number of rotatable bonds is 8.